The highest BCUT2D eigenvalue weighted by atomic mass is 16.3. The highest BCUT2D eigenvalue weighted by Crippen LogP contribution is 2.19. The molecule has 4 N–H and O–H groups in total. The Kier molecular flexibility index (Phi) is 4.38. The maximum atomic E-state index is 5.94. The molecule has 6 heteroatoms. The first-order valence-corrected chi connectivity index (χ1v) is 7.38. The van der Waals surface area contributed by atoms with Crippen LogP contribution in [0.4, 0.5) is 5.82 Å². The van der Waals surface area contributed by atoms with Crippen LogP contribution in [0.2, 0.25) is 0 Å². The molecule has 3 aromatic rings. The minimum Gasteiger partial charge on any atom is -0.463 e. The van der Waals surface area contributed by atoms with E-state index in [-0.39, 0.29) is 5.84 Å². The molecule has 0 saturated heterocycles. The average molecular weight is 319 g/mol. The summed E-state index contributed by atoms with van der Waals surface area (Å²) in [6, 6.07) is 15.0. The molecule has 0 radical (unpaired) electrons. The van der Waals surface area contributed by atoms with E-state index >= 15 is 0 Å². The van der Waals surface area contributed by atoms with Crippen LogP contribution in [0.3, 0.4) is 0 Å². The summed E-state index contributed by atoms with van der Waals surface area (Å²) >= 11 is 0. The number of hydrogen-bond acceptors (Lipinski definition) is 5. The maximum Gasteiger partial charge on any atom is 0.161 e. The monoisotopic (exact) mass is 319 g/mol. The van der Waals surface area contributed by atoms with E-state index in [1.165, 1.54) is 0 Å². The number of nitrogens with two attached hydrogens (primary N) is 2. The molecule has 0 bridgehead atoms. The number of rotatable bonds is 4. The number of nitrogens with zero attached hydrogens (tertiary/aromatic N) is 3. The van der Waals surface area contributed by atoms with E-state index in [0.717, 1.165) is 11.3 Å². The van der Waals surface area contributed by atoms with E-state index in [4.69, 9.17) is 15.9 Å². The summed E-state index contributed by atoms with van der Waals surface area (Å²) in [5.74, 6) is 1.85. The summed E-state index contributed by atoms with van der Waals surface area (Å²) in [6.07, 6.45) is 3.09. The molecule has 0 atom stereocenters. The number of aliphatic imine (C=N–C) groups is 1. The first-order valence-electron chi connectivity index (χ1n) is 7.38. The highest BCUT2D eigenvalue weighted by Gasteiger charge is 2.05. The Morgan fingerprint density at radius 3 is 2.58 bits per heavy atom. The summed E-state index contributed by atoms with van der Waals surface area (Å²) in [7, 11) is 0. The Balaban J connectivity index is 1.92. The lowest BCUT2D eigenvalue weighted by molar-refractivity contribution is 0.552. The van der Waals surface area contributed by atoms with Gasteiger partial charge in [-0.3, -0.25) is 0 Å². The number of furan rings is 1. The normalized spacial score (nSPS) is 12.4. The van der Waals surface area contributed by atoms with Crippen molar-refractivity contribution in [2.24, 2.45) is 16.5 Å². The molecule has 1 aromatic carbocycles. The fourth-order valence-electron chi connectivity index (χ4n) is 2.16. The third-order valence-corrected chi connectivity index (χ3v) is 3.23. The van der Waals surface area contributed by atoms with Crippen LogP contribution in [0.1, 0.15) is 11.5 Å². The van der Waals surface area contributed by atoms with E-state index in [1.54, 1.807) is 30.5 Å². The van der Waals surface area contributed by atoms with E-state index in [0.29, 0.717) is 23.1 Å². The number of aromatic nitrogens is 2. The molecule has 0 aliphatic heterocycles. The van der Waals surface area contributed by atoms with Gasteiger partial charge in [-0.15, -0.1) is 0 Å². The second kappa shape index (κ2) is 6.78. The van der Waals surface area contributed by atoms with Gasteiger partial charge >= 0.3 is 0 Å². The minimum absolute atomic E-state index is 0.237. The van der Waals surface area contributed by atoms with E-state index in [1.807, 2.05) is 37.3 Å². The summed E-state index contributed by atoms with van der Waals surface area (Å²) in [5.41, 5.74) is 14.0. The Morgan fingerprint density at radius 2 is 1.88 bits per heavy atom. The van der Waals surface area contributed by atoms with E-state index < -0.39 is 0 Å². The quantitative estimate of drug-likeness (QED) is 0.568. The first kappa shape index (κ1) is 15.5. The van der Waals surface area contributed by atoms with Crippen LogP contribution in [0, 0.1) is 6.92 Å². The van der Waals surface area contributed by atoms with Gasteiger partial charge in [-0.1, -0.05) is 30.3 Å². The predicted molar refractivity (Wildman–Crippen MR) is 94.4 cm³/mol. The van der Waals surface area contributed by atoms with Crippen molar-refractivity contribution in [3.8, 4) is 11.4 Å². The Labute approximate surface area is 139 Å². The van der Waals surface area contributed by atoms with Gasteiger partial charge in [-0.25, -0.2) is 15.0 Å². The van der Waals surface area contributed by atoms with Crippen molar-refractivity contribution in [2.45, 2.75) is 6.92 Å². The zero-order valence-electron chi connectivity index (χ0n) is 13.2. The topological polar surface area (TPSA) is 103 Å². The van der Waals surface area contributed by atoms with Crippen molar-refractivity contribution in [1.29, 1.82) is 0 Å². The SMILES string of the molecule is Cc1cc(N=C(N)/C=C(\N)c2ccco2)nc(-c2ccccc2)n1. The molecular formula is C18H17N5O. The van der Waals surface area contributed by atoms with Crippen LogP contribution in [0.25, 0.3) is 17.1 Å². The minimum atomic E-state index is 0.237. The first-order chi connectivity index (χ1) is 11.6. The van der Waals surface area contributed by atoms with Crippen molar-refractivity contribution in [3.05, 3.63) is 72.3 Å². The Hall–Kier alpha value is -3.41. The zero-order valence-corrected chi connectivity index (χ0v) is 13.2. The predicted octanol–water partition coefficient (Wildman–Crippen LogP) is 3.03. The Bertz CT molecular complexity index is 883. The molecule has 0 aliphatic rings. The number of amidine groups is 1. The lowest BCUT2D eigenvalue weighted by atomic mass is 10.2. The van der Waals surface area contributed by atoms with Crippen molar-refractivity contribution in [1.82, 2.24) is 9.97 Å². The highest BCUT2D eigenvalue weighted by molar-refractivity contribution is 5.98. The molecule has 2 heterocycles. The number of benzene rings is 1. The molecule has 2 aromatic heterocycles. The number of hydrogen-bond donors (Lipinski definition) is 2. The van der Waals surface area contributed by atoms with Gasteiger partial charge in [0.1, 0.15) is 11.6 Å². The zero-order chi connectivity index (χ0) is 16.9. The van der Waals surface area contributed by atoms with Crippen LogP contribution in [0.5, 0.6) is 0 Å². The van der Waals surface area contributed by atoms with Crippen molar-refractivity contribution >= 4 is 17.4 Å². The summed E-state index contributed by atoms with van der Waals surface area (Å²) in [5, 5.41) is 0. The summed E-state index contributed by atoms with van der Waals surface area (Å²) in [4.78, 5) is 13.2. The van der Waals surface area contributed by atoms with Gasteiger partial charge in [0.25, 0.3) is 0 Å². The second-order valence-corrected chi connectivity index (χ2v) is 5.17. The smallest absolute Gasteiger partial charge is 0.161 e. The van der Waals surface area contributed by atoms with Crippen LogP contribution >= 0.6 is 0 Å². The molecule has 0 unspecified atom stereocenters. The maximum absolute atomic E-state index is 5.94. The van der Waals surface area contributed by atoms with Crippen molar-refractivity contribution in [3.63, 3.8) is 0 Å². The van der Waals surface area contributed by atoms with Gasteiger partial charge in [0.2, 0.25) is 0 Å². The summed E-state index contributed by atoms with van der Waals surface area (Å²) < 4.78 is 5.21. The molecule has 0 saturated carbocycles. The standard InChI is InChI=1S/C18H17N5O/c1-12-10-17(23-18(21-12)13-6-3-2-4-7-13)22-16(20)11-14(19)15-8-5-9-24-15/h2-11H,19H2,1H3,(H2,20,21,22,23)/b14-11-. The lowest BCUT2D eigenvalue weighted by Gasteiger charge is -2.04. The third-order valence-electron chi connectivity index (χ3n) is 3.23. The van der Waals surface area contributed by atoms with Gasteiger partial charge in [0, 0.05) is 23.4 Å². The molecule has 120 valence electrons. The van der Waals surface area contributed by atoms with Crippen LogP contribution in [-0.2, 0) is 0 Å². The van der Waals surface area contributed by atoms with Crippen LogP contribution in [0.15, 0.2) is 70.3 Å². The van der Waals surface area contributed by atoms with Crippen molar-refractivity contribution < 1.29 is 4.42 Å². The number of aryl methyl sites for hydroxylation is 1. The Morgan fingerprint density at radius 1 is 1.08 bits per heavy atom. The summed E-state index contributed by atoms with van der Waals surface area (Å²) in [6.45, 7) is 1.89. The molecule has 0 aliphatic carbocycles. The molecule has 0 spiro atoms. The third kappa shape index (κ3) is 3.67. The van der Waals surface area contributed by atoms with Crippen molar-refractivity contribution in [2.75, 3.05) is 0 Å². The van der Waals surface area contributed by atoms with Gasteiger partial charge < -0.3 is 15.9 Å². The largest absolute Gasteiger partial charge is 0.463 e. The van der Waals surface area contributed by atoms with E-state index in [2.05, 4.69) is 15.0 Å². The molecular weight excluding hydrogens is 302 g/mol. The van der Waals surface area contributed by atoms with Gasteiger partial charge in [0.15, 0.2) is 11.6 Å². The van der Waals surface area contributed by atoms with E-state index in [9.17, 15) is 0 Å². The van der Waals surface area contributed by atoms with Crippen LogP contribution in [-0.4, -0.2) is 15.8 Å². The van der Waals surface area contributed by atoms with Gasteiger partial charge in [-0.2, -0.15) is 0 Å². The lowest BCUT2D eigenvalue weighted by Crippen LogP contribution is -2.10. The molecule has 24 heavy (non-hydrogen) atoms. The van der Waals surface area contributed by atoms with Gasteiger partial charge in [-0.05, 0) is 19.1 Å². The van der Waals surface area contributed by atoms with Gasteiger partial charge in [0.05, 0.1) is 12.0 Å². The van der Waals surface area contributed by atoms with Crippen LogP contribution < -0.4 is 11.5 Å². The second-order valence-electron chi connectivity index (χ2n) is 5.17. The average Bonchev–Trinajstić information content (AvgIpc) is 3.09. The fourth-order valence-corrected chi connectivity index (χ4v) is 2.16. The molecule has 0 amide bonds. The fraction of sp³-hybridized carbons (Fsp3) is 0.0556. The molecule has 3 rings (SSSR count). The molecule has 6 nitrogen and oxygen atoms in total. The molecule has 0 fully saturated rings.